The first-order chi connectivity index (χ1) is 16.3. The summed E-state index contributed by atoms with van der Waals surface area (Å²) < 4.78 is 31.3. The number of halogens is 1. The Morgan fingerprint density at radius 2 is 1.79 bits per heavy atom. The zero-order chi connectivity index (χ0) is 24.8. The first kappa shape index (κ1) is 24.6. The zero-order valence-corrected chi connectivity index (χ0v) is 18.7. The summed E-state index contributed by atoms with van der Waals surface area (Å²) in [5.41, 5.74) is 7.21. The Morgan fingerprint density at radius 3 is 2.47 bits per heavy atom. The molecule has 7 N–H and O–H groups in total. The fraction of sp³-hybridized carbons (Fsp3) is 0.0435. The van der Waals surface area contributed by atoms with Crippen LogP contribution in [-0.2, 0) is 20.2 Å². The molecule has 0 heterocycles. The number of hydrogen-bond donors (Lipinski definition) is 5. The van der Waals surface area contributed by atoms with Crippen molar-refractivity contribution in [2.75, 3.05) is 5.32 Å². The van der Waals surface area contributed by atoms with E-state index >= 15 is 0 Å². The lowest BCUT2D eigenvalue weighted by molar-refractivity contribution is -0.114. The molecule has 0 aliphatic rings. The summed E-state index contributed by atoms with van der Waals surface area (Å²) in [5, 5.41) is 24.5. The van der Waals surface area contributed by atoms with Gasteiger partial charge >= 0.3 is 0 Å². The van der Waals surface area contributed by atoms with Gasteiger partial charge in [-0.15, -0.1) is 0 Å². The molecular formula is C23H21FN4O5S. The van der Waals surface area contributed by atoms with Crippen LogP contribution in [0.2, 0.25) is 0 Å². The molecule has 11 heteroatoms. The molecule has 0 bridgehead atoms. The number of rotatable bonds is 7. The molecule has 0 radical (unpaired) electrons. The summed E-state index contributed by atoms with van der Waals surface area (Å²) in [7, 11) is 0. The molecule has 1 amide bonds. The van der Waals surface area contributed by atoms with Gasteiger partial charge in [0.25, 0.3) is 5.91 Å². The molecule has 176 valence electrons. The van der Waals surface area contributed by atoms with Crippen molar-refractivity contribution in [1.29, 1.82) is 0 Å². The monoisotopic (exact) mass is 484 g/mol. The Labute approximate surface area is 196 Å². The Balaban J connectivity index is 1.87. The van der Waals surface area contributed by atoms with Crippen LogP contribution in [0.3, 0.4) is 0 Å². The van der Waals surface area contributed by atoms with Gasteiger partial charge in [-0.05, 0) is 47.9 Å². The predicted molar refractivity (Wildman–Crippen MR) is 127 cm³/mol. The second-order valence-electron chi connectivity index (χ2n) is 7.02. The van der Waals surface area contributed by atoms with Crippen LogP contribution in [0.5, 0.6) is 5.75 Å². The number of aromatic hydroxyl groups is 1. The normalized spacial score (nSPS) is 13.2. The number of benzene rings is 3. The minimum atomic E-state index is -1.92. The van der Waals surface area contributed by atoms with E-state index in [1.54, 1.807) is 48.5 Å². The van der Waals surface area contributed by atoms with Gasteiger partial charge in [0.05, 0.1) is 10.6 Å². The molecule has 0 fully saturated rings. The second-order valence-corrected chi connectivity index (χ2v) is 8.12. The van der Waals surface area contributed by atoms with Crippen molar-refractivity contribution in [2.45, 2.75) is 11.8 Å². The average molecular weight is 485 g/mol. The third-order valence-electron chi connectivity index (χ3n) is 4.94. The summed E-state index contributed by atoms with van der Waals surface area (Å²) in [5.74, 6) is 2.37. The van der Waals surface area contributed by atoms with E-state index in [-0.39, 0.29) is 22.8 Å². The molecule has 0 saturated carbocycles. The molecular weight excluding hydrogens is 463 g/mol. The number of nitrogens with one attached hydrogen (secondary N) is 1. The number of carbonyl (C=O) groups excluding carboxylic acids is 1. The molecule has 3 rings (SSSR count). The Morgan fingerprint density at radius 1 is 1.09 bits per heavy atom. The third-order valence-corrected chi connectivity index (χ3v) is 5.83. The van der Waals surface area contributed by atoms with Crippen LogP contribution in [0.4, 0.5) is 10.1 Å². The van der Waals surface area contributed by atoms with Crippen LogP contribution in [0.25, 0.3) is 16.7 Å². The first-order valence-electron chi connectivity index (χ1n) is 9.74. The van der Waals surface area contributed by atoms with E-state index in [4.69, 9.17) is 16.8 Å². The number of allylic oxidation sites excluding steroid dienone is 1. The molecule has 0 spiro atoms. The van der Waals surface area contributed by atoms with Crippen molar-refractivity contribution in [1.82, 2.24) is 0 Å². The molecule has 34 heavy (non-hydrogen) atoms. The minimum Gasteiger partial charge on any atom is -0.506 e. The lowest BCUT2D eigenvalue weighted by Gasteiger charge is -2.12. The van der Waals surface area contributed by atoms with E-state index in [1.807, 2.05) is 0 Å². The van der Waals surface area contributed by atoms with Crippen molar-refractivity contribution in [3.8, 4) is 16.9 Å². The fourth-order valence-electron chi connectivity index (χ4n) is 3.15. The number of oxime groups is 1. The minimum absolute atomic E-state index is 0.0133. The van der Waals surface area contributed by atoms with Crippen LogP contribution in [0, 0.1) is 0 Å². The van der Waals surface area contributed by atoms with Gasteiger partial charge in [-0.25, -0.2) is 8.60 Å². The van der Waals surface area contributed by atoms with Gasteiger partial charge in [-0.2, -0.15) is 10.2 Å². The van der Waals surface area contributed by atoms with Crippen LogP contribution in [0.15, 0.2) is 82.6 Å². The van der Waals surface area contributed by atoms with Crippen molar-refractivity contribution in [2.24, 2.45) is 16.8 Å². The number of amides is 1. The molecule has 1 unspecified atom stereocenters. The maximum absolute atomic E-state index is 14.8. The SMILES string of the molecule is C/C(=C(\F)C(=O)Nc1ccc(-c2ccccc2S(=O)ON)cc1O)c1cccc(/C(N)=N/O)c1. The Kier molecular flexibility index (Phi) is 7.74. The zero-order valence-electron chi connectivity index (χ0n) is 17.9. The van der Waals surface area contributed by atoms with E-state index in [1.165, 1.54) is 25.1 Å². The maximum atomic E-state index is 14.8. The van der Waals surface area contributed by atoms with E-state index in [9.17, 15) is 18.5 Å². The van der Waals surface area contributed by atoms with Crippen molar-refractivity contribution in [3.63, 3.8) is 0 Å². The van der Waals surface area contributed by atoms with Gasteiger partial charge in [0.2, 0.25) is 11.1 Å². The van der Waals surface area contributed by atoms with Gasteiger partial charge in [0.15, 0.2) is 11.7 Å². The predicted octanol–water partition coefficient (Wildman–Crippen LogP) is 3.41. The number of nitrogens with zero attached hydrogens (tertiary/aromatic N) is 1. The average Bonchev–Trinajstić information content (AvgIpc) is 2.87. The molecule has 0 aliphatic carbocycles. The van der Waals surface area contributed by atoms with E-state index in [0.717, 1.165) is 0 Å². The quantitative estimate of drug-likeness (QED) is 0.0857. The summed E-state index contributed by atoms with van der Waals surface area (Å²) in [6.07, 6.45) is 0. The highest BCUT2D eigenvalue weighted by Gasteiger charge is 2.18. The van der Waals surface area contributed by atoms with Gasteiger partial charge in [0, 0.05) is 11.1 Å². The molecule has 3 aromatic rings. The smallest absolute Gasteiger partial charge is 0.284 e. The molecule has 0 saturated heterocycles. The molecule has 0 aliphatic heterocycles. The molecule has 0 aromatic heterocycles. The van der Waals surface area contributed by atoms with Crippen LogP contribution >= 0.6 is 0 Å². The number of carbonyl (C=O) groups is 1. The summed E-state index contributed by atoms with van der Waals surface area (Å²) in [6.45, 7) is 1.40. The van der Waals surface area contributed by atoms with Crippen LogP contribution in [-0.4, -0.2) is 26.3 Å². The van der Waals surface area contributed by atoms with Gasteiger partial charge in [-0.1, -0.05) is 47.6 Å². The lowest BCUT2D eigenvalue weighted by atomic mass is 10.0. The largest absolute Gasteiger partial charge is 0.506 e. The van der Waals surface area contributed by atoms with Crippen molar-refractivity contribution in [3.05, 3.63) is 83.7 Å². The highest BCUT2D eigenvalue weighted by atomic mass is 32.2. The standard InChI is InChI=1S/C23H21FN4O5S/c1-13(14-5-4-6-16(11-14)22(25)28-31)21(24)23(30)27-18-10-9-15(12-19(18)29)17-7-2-3-8-20(17)34(32)33-26/h2-12,29,31H,26H2,1H3,(H2,25,28)(H,27,30)/b21-13+. The first-order valence-corrected chi connectivity index (χ1v) is 10.8. The highest BCUT2D eigenvalue weighted by molar-refractivity contribution is 7.80. The van der Waals surface area contributed by atoms with Crippen molar-refractivity contribution < 1.29 is 28.0 Å². The fourth-order valence-corrected chi connectivity index (χ4v) is 3.81. The molecule has 3 aromatic carbocycles. The number of phenolic OH excluding ortho intramolecular Hbond substituents is 1. The topological polar surface area (TPSA) is 160 Å². The second kappa shape index (κ2) is 10.7. The van der Waals surface area contributed by atoms with Crippen LogP contribution in [0.1, 0.15) is 18.1 Å². The molecule has 1 atom stereocenters. The Hall–Kier alpha value is -4.06. The lowest BCUT2D eigenvalue weighted by Crippen LogP contribution is -2.14. The Bertz CT molecular complexity index is 1330. The van der Waals surface area contributed by atoms with Gasteiger partial charge in [-0.3, -0.25) is 4.79 Å². The van der Waals surface area contributed by atoms with Crippen molar-refractivity contribution >= 4 is 34.1 Å². The summed E-state index contributed by atoms with van der Waals surface area (Å²) >= 11 is -1.92. The number of phenols is 1. The third kappa shape index (κ3) is 5.29. The van der Waals surface area contributed by atoms with Crippen LogP contribution < -0.4 is 16.9 Å². The van der Waals surface area contributed by atoms with E-state index in [2.05, 4.69) is 14.8 Å². The van der Waals surface area contributed by atoms with E-state index < -0.39 is 22.8 Å². The number of anilines is 1. The van der Waals surface area contributed by atoms with E-state index in [0.29, 0.717) is 27.1 Å². The van der Waals surface area contributed by atoms with Gasteiger partial charge < -0.3 is 21.4 Å². The number of nitrogens with two attached hydrogens (primary N) is 2. The summed E-state index contributed by atoms with van der Waals surface area (Å²) in [4.78, 5) is 12.8. The van der Waals surface area contributed by atoms with Gasteiger partial charge in [0.1, 0.15) is 5.75 Å². The maximum Gasteiger partial charge on any atom is 0.284 e. The number of amidine groups is 1. The highest BCUT2D eigenvalue weighted by Crippen LogP contribution is 2.33. The number of hydrogen-bond acceptors (Lipinski definition) is 7. The molecule has 9 nitrogen and oxygen atoms in total. The summed E-state index contributed by atoms with van der Waals surface area (Å²) in [6, 6.07) is 17.0.